The molecule has 0 aliphatic rings. The molecule has 6 heteroatoms. The zero-order chi connectivity index (χ0) is 15.8. The van der Waals surface area contributed by atoms with E-state index >= 15 is 0 Å². The summed E-state index contributed by atoms with van der Waals surface area (Å²) in [4.78, 5) is 15.0. The first-order chi connectivity index (χ1) is 10.0. The fraction of sp³-hybridized carbons (Fsp3) is 0.533. The molecular formula is C15H24N2O2S2. The van der Waals surface area contributed by atoms with Gasteiger partial charge in [0.15, 0.2) is 0 Å². The Morgan fingerprint density at radius 1 is 1.43 bits per heavy atom. The SMILES string of the molecule is COc1cc(CN(C)C(=O)[C@@H](N)CCSC)ccc1SC. The third kappa shape index (κ3) is 5.45. The Hall–Kier alpha value is -0.850. The third-order valence-corrected chi connectivity index (χ3v) is 4.62. The van der Waals surface area contributed by atoms with Gasteiger partial charge < -0.3 is 15.4 Å². The van der Waals surface area contributed by atoms with E-state index < -0.39 is 6.04 Å². The zero-order valence-corrected chi connectivity index (χ0v) is 14.7. The van der Waals surface area contributed by atoms with Gasteiger partial charge in [-0.2, -0.15) is 11.8 Å². The van der Waals surface area contributed by atoms with Gasteiger partial charge in [-0.15, -0.1) is 11.8 Å². The van der Waals surface area contributed by atoms with Crippen LogP contribution in [0.2, 0.25) is 0 Å². The Bertz CT molecular complexity index is 469. The average Bonchev–Trinajstić information content (AvgIpc) is 2.51. The van der Waals surface area contributed by atoms with Crippen molar-refractivity contribution in [1.29, 1.82) is 0 Å². The largest absolute Gasteiger partial charge is 0.496 e. The number of amides is 1. The van der Waals surface area contributed by atoms with E-state index in [-0.39, 0.29) is 5.91 Å². The maximum Gasteiger partial charge on any atom is 0.239 e. The molecule has 0 radical (unpaired) electrons. The summed E-state index contributed by atoms with van der Waals surface area (Å²) in [6, 6.07) is 5.59. The van der Waals surface area contributed by atoms with Crippen LogP contribution in [0, 0.1) is 0 Å². The van der Waals surface area contributed by atoms with Crippen LogP contribution in [0.4, 0.5) is 0 Å². The molecule has 1 atom stereocenters. The molecule has 0 aliphatic carbocycles. The summed E-state index contributed by atoms with van der Waals surface area (Å²) in [5.41, 5.74) is 6.97. The van der Waals surface area contributed by atoms with E-state index in [1.807, 2.05) is 30.7 Å². The molecule has 0 fully saturated rings. The first kappa shape index (κ1) is 18.2. The lowest BCUT2D eigenvalue weighted by Gasteiger charge is -2.21. The summed E-state index contributed by atoms with van der Waals surface area (Å²) in [7, 11) is 3.45. The lowest BCUT2D eigenvalue weighted by atomic mass is 10.1. The van der Waals surface area contributed by atoms with Gasteiger partial charge in [0, 0.05) is 18.5 Å². The average molecular weight is 329 g/mol. The number of ether oxygens (including phenoxy) is 1. The Balaban J connectivity index is 2.69. The van der Waals surface area contributed by atoms with Crippen LogP contribution in [0.25, 0.3) is 0 Å². The number of methoxy groups -OCH3 is 1. The molecule has 0 heterocycles. The fourth-order valence-corrected chi connectivity index (χ4v) is 3.02. The number of thioether (sulfide) groups is 2. The number of nitrogens with zero attached hydrogens (tertiary/aromatic N) is 1. The molecular weight excluding hydrogens is 304 g/mol. The van der Waals surface area contributed by atoms with E-state index in [1.54, 1.807) is 42.6 Å². The summed E-state index contributed by atoms with van der Waals surface area (Å²) in [5.74, 6) is 1.72. The minimum Gasteiger partial charge on any atom is -0.496 e. The predicted molar refractivity (Wildman–Crippen MR) is 92.2 cm³/mol. The van der Waals surface area contributed by atoms with Gasteiger partial charge in [0.2, 0.25) is 5.91 Å². The number of hydrogen-bond donors (Lipinski definition) is 1. The minimum atomic E-state index is -0.421. The smallest absolute Gasteiger partial charge is 0.239 e. The number of nitrogens with two attached hydrogens (primary N) is 1. The first-order valence-electron chi connectivity index (χ1n) is 6.73. The molecule has 1 aromatic carbocycles. The van der Waals surface area contributed by atoms with Crippen LogP contribution in [0.3, 0.4) is 0 Å². The van der Waals surface area contributed by atoms with E-state index in [4.69, 9.17) is 10.5 Å². The number of rotatable bonds is 8. The quantitative estimate of drug-likeness (QED) is 0.743. The molecule has 21 heavy (non-hydrogen) atoms. The van der Waals surface area contributed by atoms with Gasteiger partial charge in [0.25, 0.3) is 0 Å². The molecule has 118 valence electrons. The number of likely N-dealkylation sites (N-methyl/N-ethyl adjacent to an activating group) is 1. The van der Waals surface area contributed by atoms with Crippen LogP contribution < -0.4 is 10.5 Å². The van der Waals surface area contributed by atoms with Crippen molar-refractivity contribution in [3.8, 4) is 5.75 Å². The van der Waals surface area contributed by atoms with Crippen molar-refractivity contribution < 1.29 is 9.53 Å². The minimum absolute atomic E-state index is 0.0167. The van der Waals surface area contributed by atoms with Crippen LogP contribution in [0.5, 0.6) is 5.75 Å². The van der Waals surface area contributed by atoms with Gasteiger partial charge in [0.1, 0.15) is 5.75 Å². The van der Waals surface area contributed by atoms with Crippen molar-refractivity contribution in [1.82, 2.24) is 4.90 Å². The topological polar surface area (TPSA) is 55.6 Å². The van der Waals surface area contributed by atoms with Gasteiger partial charge >= 0.3 is 0 Å². The highest BCUT2D eigenvalue weighted by atomic mass is 32.2. The van der Waals surface area contributed by atoms with Crippen LogP contribution in [-0.4, -0.2) is 49.3 Å². The van der Waals surface area contributed by atoms with Crippen molar-refractivity contribution in [3.05, 3.63) is 23.8 Å². The van der Waals surface area contributed by atoms with Crippen molar-refractivity contribution in [2.45, 2.75) is 23.9 Å². The molecule has 1 rings (SSSR count). The van der Waals surface area contributed by atoms with Gasteiger partial charge in [-0.3, -0.25) is 4.79 Å². The summed E-state index contributed by atoms with van der Waals surface area (Å²) < 4.78 is 5.37. The summed E-state index contributed by atoms with van der Waals surface area (Å²) in [6.45, 7) is 0.539. The molecule has 0 bridgehead atoms. The lowest BCUT2D eigenvalue weighted by molar-refractivity contribution is -0.131. The highest BCUT2D eigenvalue weighted by Gasteiger charge is 2.18. The van der Waals surface area contributed by atoms with E-state index in [0.29, 0.717) is 13.0 Å². The van der Waals surface area contributed by atoms with Crippen molar-refractivity contribution in [3.63, 3.8) is 0 Å². The normalized spacial score (nSPS) is 12.0. The molecule has 2 N–H and O–H groups in total. The monoisotopic (exact) mass is 328 g/mol. The van der Waals surface area contributed by atoms with Crippen molar-refractivity contribution >= 4 is 29.4 Å². The molecule has 1 amide bonds. The van der Waals surface area contributed by atoms with Crippen molar-refractivity contribution in [2.24, 2.45) is 5.73 Å². The number of carbonyl (C=O) groups is 1. The summed E-state index contributed by atoms with van der Waals surface area (Å²) >= 11 is 3.34. The summed E-state index contributed by atoms with van der Waals surface area (Å²) in [5, 5.41) is 0. The highest BCUT2D eigenvalue weighted by Crippen LogP contribution is 2.28. The Labute approximate surface area is 135 Å². The van der Waals surface area contributed by atoms with Crippen molar-refractivity contribution in [2.75, 3.05) is 32.4 Å². The van der Waals surface area contributed by atoms with Crippen LogP contribution in [0.15, 0.2) is 23.1 Å². The molecule has 0 aromatic heterocycles. The van der Waals surface area contributed by atoms with Crippen LogP contribution in [0.1, 0.15) is 12.0 Å². The van der Waals surface area contributed by atoms with E-state index in [1.165, 1.54) is 0 Å². The lowest BCUT2D eigenvalue weighted by Crippen LogP contribution is -2.41. The van der Waals surface area contributed by atoms with Gasteiger partial charge in [0.05, 0.1) is 13.2 Å². The van der Waals surface area contributed by atoms with E-state index in [2.05, 4.69) is 0 Å². The molecule has 1 aromatic rings. The second-order valence-corrected chi connectivity index (χ2v) is 6.61. The zero-order valence-electron chi connectivity index (χ0n) is 13.1. The third-order valence-electron chi connectivity index (χ3n) is 3.19. The van der Waals surface area contributed by atoms with Crippen LogP contribution in [-0.2, 0) is 11.3 Å². The number of hydrogen-bond acceptors (Lipinski definition) is 5. The molecule has 0 saturated heterocycles. The molecule has 0 unspecified atom stereocenters. The molecule has 4 nitrogen and oxygen atoms in total. The standard InChI is InChI=1S/C15H24N2O2S2/c1-17(15(18)12(16)7-8-20-3)10-11-5-6-14(21-4)13(9-11)19-2/h5-6,9,12H,7-8,10,16H2,1-4H3/t12-/m0/s1. The molecule has 0 saturated carbocycles. The molecule has 0 aliphatic heterocycles. The second-order valence-electron chi connectivity index (χ2n) is 4.77. The number of carbonyl (C=O) groups excluding carboxylic acids is 1. The van der Waals surface area contributed by atoms with Gasteiger partial charge in [-0.05, 0) is 42.4 Å². The maximum absolute atomic E-state index is 12.2. The Morgan fingerprint density at radius 2 is 2.14 bits per heavy atom. The predicted octanol–water partition coefficient (Wildman–Crippen LogP) is 2.46. The van der Waals surface area contributed by atoms with E-state index in [9.17, 15) is 4.79 Å². The van der Waals surface area contributed by atoms with Gasteiger partial charge in [-0.1, -0.05) is 6.07 Å². The second kappa shape index (κ2) is 9.23. The highest BCUT2D eigenvalue weighted by molar-refractivity contribution is 7.98. The molecule has 0 spiro atoms. The Morgan fingerprint density at radius 3 is 2.71 bits per heavy atom. The first-order valence-corrected chi connectivity index (χ1v) is 9.35. The Kier molecular flexibility index (Phi) is 8.00. The fourth-order valence-electron chi connectivity index (χ4n) is 1.98. The summed E-state index contributed by atoms with van der Waals surface area (Å²) in [6.07, 6.45) is 4.73. The van der Waals surface area contributed by atoms with Gasteiger partial charge in [-0.25, -0.2) is 0 Å². The maximum atomic E-state index is 12.2. The number of benzene rings is 1. The van der Waals surface area contributed by atoms with Crippen LogP contribution >= 0.6 is 23.5 Å². The van der Waals surface area contributed by atoms with E-state index in [0.717, 1.165) is 22.0 Å².